The Morgan fingerprint density at radius 2 is 0.750 bits per heavy atom. The summed E-state index contributed by atoms with van der Waals surface area (Å²) >= 11 is 0. The van der Waals surface area contributed by atoms with E-state index in [-0.39, 0.29) is 183 Å². The first-order valence-electron chi connectivity index (χ1n) is 0. The van der Waals surface area contributed by atoms with Crippen molar-refractivity contribution in [2.75, 3.05) is 0 Å². The van der Waals surface area contributed by atoms with Crippen molar-refractivity contribution in [3.63, 3.8) is 0 Å². The molecule has 0 aliphatic rings. The molecule has 0 aromatic rings. The molecule has 0 fully saturated rings. The van der Waals surface area contributed by atoms with Gasteiger partial charge in [-0.05, 0) is 0 Å². The minimum atomic E-state index is 0. The van der Waals surface area contributed by atoms with Crippen LogP contribution in [0.4, 0.5) is 0 Å². The Labute approximate surface area is 176 Å². The largest absolute Gasteiger partial charge is 1.00 e. The van der Waals surface area contributed by atoms with E-state index in [1.165, 1.54) is 0 Å². The van der Waals surface area contributed by atoms with Crippen LogP contribution in [-0.2, 0) is 0 Å². The maximum atomic E-state index is 0. The number of hydrogen-bond donors (Lipinski definition) is 0. The van der Waals surface area contributed by atoms with E-state index < -0.39 is 0 Å². The second-order valence-corrected chi connectivity index (χ2v) is 0. The zero-order valence-corrected chi connectivity index (χ0v) is 15.4. The van der Waals surface area contributed by atoms with Gasteiger partial charge in [-0.1, -0.05) is 0 Å². The summed E-state index contributed by atoms with van der Waals surface area (Å²) in [5.41, 5.74) is 0. The van der Waals surface area contributed by atoms with Gasteiger partial charge >= 0.3 is 154 Å². The molecule has 0 unspecified atom stereocenters. The SMILES string of the molecule is [H-].[H-].[H-].[K+].[K+].[K+].[Sb]. The van der Waals surface area contributed by atoms with Crippen LogP contribution in [0.5, 0.6) is 0 Å². The first-order chi connectivity index (χ1) is 0. The molecule has 0 atom stereocenters. The zero-order valence-electron chi connectivity index (χ0n) is 6.45. The van der Waals surface area contributed by atoms with Crippen molar-refractivity contribution in [1.82, 2.24) is 0 Å². The van der Waals surface area contributed by atoms with Crippen LogP contribution in [0.3, 0.4) is 0 Å². The van der Waals surface area contributed by atoms with Crippen molar-refractivity contribution in [3.8, 4) is 0 Å². The molecule has 0 saturated carbocycles. The van der Waals surface area contributed by atoms with Gasteiger partial charge in [0.15, 0.2) is 0 Å². The molecule has 0 aliphatic heterocycles. The third-order valence-corrected chi connectivity index (χ3v) is 0. The Hall–Kier alpha value is 5.73. The van der Waals surface area contributed by atoms with Gasteiger partial charge < -0.3 is 4.28 Å². The average Bonchev–Trinajstić information content (AvgIpc) is 0. The summed E-state index contributed by atoms with van der Waals surface area (Å²) in [7, 11) is 0. The van der Waals surface area contributed by atoms with E-state index in [2.05, 4.69) is 0 Å². The standard InChI is InChI=1S/3K.Sb.3H/q3*+1;;3*-1. The molecule has 0 nitrogen and oxygen atoms in total. The molecular weight excluding hydrogens is 239 g/mol. The fourth-order valence-electron chi connectivity index (χ4n) is 0. The molecule has 0 amide bonds. The Bertz CT molecular complexity index is 10.1. The van der Waals surface area contributed by atoms with Crippen molar-refractivity contribution in [2.24, 2.45) is 0 Å². The molecule has 0 aromatic heterocycles. The minimum Gasteiger partial charge on any atom is -1.00 e. The van der Waals surface area contributed by atoms with Crippen molar-refractivity contribution in [2.45, 2.75) is 0 Å². The van der Waals surface area contributed by atoms with Crippen LogP contribution in [0, 0.1) is 0 Å². The molecule has 0 aliphatic carbocycles. The van der Waals surface area contributed by atoms with Gasteiger partial charge in [-0.3, -0.25) is 0 Å². The predicted octanol–water partition coefficient (Wildman–Crippen LogP) is -9.03. The van der Waals surface area contributed by atoms with Crippen LogP contribution in [0.2, 0.25) is 0 Å². The van der Waals surface area contributed by atoms with Gasteiger partial charge in [0.1, 0.15) is 0 Å². The zero-order chi connectivity index (χ0) is 0. The van der Waals surface area contributed by atoms with Crippen LogP contribution in [0.15, 0.2) is 0 Å². The van der Waals surface area contributed by atoms with E-state index in [1.54, 1.807) is 0 Å². The Balaban J connectivity index is 0. The fraction of sp³-hybridized carbons (Fsp3) is 0. The third kappa shape index (κ3) is 10.7. The Kier molecular flexibility index (Phi) is 89.7. The summed E-state index contributed by atoms with van der Waals surface area (Å²) in [6.45, 7) is 0. The second-order valence-electron chi connectivity index (χ2n) is 0. The van der Waals surface area contributed by atoms with E-state index in [4.69, 9.17) is 0 Å². The van der Waals surface area contributed by atoms with Gasteiger partial charge in [0, 0.05) is 24.4 Å². The fourth-order valence-corrected chi connectivity index (χ4v) is 0. The van der Waals surface area contributed by atoms with E-state index in [9.17, 15) is 0 Å². The van der Waals surface area contributed by atoms with E-state index in [0.29, 0.717) is 0 Å². The van der Waals surface area contributed by atoms with Gasteiger partial charge in [-0.15, -0.1) is 0 Å². The molecule has 0 saturated heterocycles. The summed E-state index contributed by atoms with van der Waals surface area (Å²) < 4.78 is 0. The van der Waals surface area contributed by atoms with Crippen molar-refractivity contribution in [1.29, 1.82) is 0 Å². The van der Waals surface area contributed by atoms with Crippen LogP contribution in [0.1, 0.15) is 4.28 Å². The molecular formula is H3K3Sb. The van der Waals surface area contributed by atoms with Crippen LogP contribution in [-0.4, -0.2) is 24.4 Å². The Morgan fingerprint density at radius 1 is 0.750 bits per heavy atom. The predicted molar refractivity (Wildman–Crippen MR) is 9.09 cm³/mol. The average molecular weight is 242 g/mol. The van der Waals surface area contributed by atoms with Gasteiger partial charge in [-0.25, -0.2) is 0 Å². The molecule has 0 spiro atoms. The first kappa shape index (κ1) is 22.6. The molecule has 4 heavy (non-hydrogen) atoms. The van der Waals surface area contributed by atoms with Crippen LogP contribution < -0.4 is 154 Å². The summed E-state index contributed by atoms with van der Waals surface area (Å²) in [6.07, 6.45) is 0. The van der Waals surface area contributed by atoms with Crippen molar-refractivity contribution < 1.29 is 158 Å². The van der Waals surface area contributed by atoms with E-state index in [1.807, 2.05) is 0 Å². The molecule has 11 valence electrons. The van der Waals surface area contributed by atoms with Crippen LogP contribution in [0.25, 0.3) is 0 Å². The van der Waals surface area contributed by atoms with Gasteiger partial charge in [0.25, 0.3) is 0 Å². The van der Waals surface area contributed by atoms with Gasteiger partial charge in [0.2, 0.25) is 0 Å². The van der Waals surface area contributed by atoms with Gasteiger partial charge in [-0.2, -0.15) is 0 Å². The molecule has 3 radical (unpaired) electrons. The van der Waals surface area contributed by atoms with Gasteiger partial charge in [0.05, 0.1) is 0 Å². The third-order valence-electron chi connectivity index (χ3n) is 0. The normalized spacial score (nSPS) is 0. The minimum absolute atomic E-state index is 0. The Morgan fingerprint density at radius 3 is 0.750 bits per heavy atom. The maximum absolute atomic E-state index is 0. The molecule has 0 rings (SSSR count). The second kappa shape index (κ2) is 15.9. The van der Waals surface area contributed by atoms with Crippen molar-refractivity contribution >= 4 is 24.4 Å². The topological polar surface area (TPSA) is 0 Å². The molecule has 0 heterocycles. The van der Waals surface area contributed by atoms with Crippen LogP contribution >= 0.6 is 0 Å². The molecule has 0 bridgehead atoms. The molecule has 0 aromatic carbocycles. The summed E-state index contributed by atoms with van der Waals surface area (Å²) in [4.78, 5) is 0. The molecule has 0 N–H and O–H groups in total. The quantitative estimate of drug-likeness (QED) is 0.370. The van der Waals surface area contributed by atoms with E-state index in [0.717, 1.165) is 0 Å². The maximum Gasteiger partial charge on any atom is 1.00 e. The number of hydrogen-bond acceptors (Lipinski definition) is 0. The first-order valence-corrected chi connectivity index (χ1v) is 0. The van der Waals surface area contributed by atoms with E-state index >= 15 is 0 Å². The monoisotopic (exact) mass is 241 g/mol. The summed E-state index contributed by atoms with van der Waals surface area (Å²) in [5, 5.41) is 0. The summed E-state index contributed by atoms with van der Waals surface area (Å²) in [5.74, 6) is 0. The molecule has 4 heteroatoms. The van der Waals surface area contributed by atoms with Crippen molar-refractivity contribution in [3.05, 3.63) is 0 Å². The number of rotatable bonds is 0. The smallest absolute Gasteiger partial charge is 1.00 e. The summed E-state index contributed by atoms with van der Waals surface area (Å²) in [6, 6.07) is 0.